The van der Waals surface area contributed by atoms with Crippen molar-refractivity contribution in [2.75, 3.05) is 24.5 Å². The summed E-state index contributed by atoms with van der Waals surface area (Å²) in [5.74, 6) is 2.71. The number of pyridine rings is 1. The maximum Gasteiger partial charge on any atom is 0.129 e. The molecule has 1 aliphatic heterocycles. The Morgan fingerprint density at radius 3 is 2.47 bits per heavy atom. The molecule has 2 heterocycles. The molecular formula is C16H27N3. The summed E-state index contributed by atoms with van der Waals surface area (Å²) in [6, 6.07) is 4.49. The minimum absolute atomic E-state index is 0.768. The standard InChI is InChI=1S/C16H27N3/c1-5-15-7-14(9-17-6-2)8-16(18-15)19-10-12(3)13(4)11-19/h7-8,12-13,17H,5-6,9-11H2,1-4H3. The summed E-state index contributed by atoms with van der Waals surface area (Å²) >= 11 is 0. The van der Waals surface area contributed by atoms with Gasteiger partial charge in [0.05, 0.1) is 0 Å². The van der Waals surface area contributed by atoms with E-state index in [0.717, 1.165) is 44.4 Å². The van der Waals surface area contributed by atoms with Gasteiger partial charge in [-0.1, -0.05) is 27.7 Å². The van der Waals surface area contributed by atoms with E-state index < -0.39 is 0 Å². The molecule has 0 radical (unpaired) electrons. The Morgan fingerprint density at radius 2 is 1.89 bits per heavy atom. The van der Waals surface area contributed by atoms with E-state index in [4.69, 9.17) is 4.98 Å². The SMILES string of the molecule is CCNCc1cc(CC)nc(N2CC(C)C(C)C2)c1. The quantitative estimate of drug-likeness (QED) is 0.883. The first-order chi connectivity index (χ1) is 9.13. The highest BCUT2D eigenvalue weighted by molar-refractivity contribution is 5.44. The first kappa shape index (κ1) is 14.3. The van der Waals surface area contributed by atoms with Gasteiger partial charge in [0, 0.05) is 25.3 Å². The van der Waals surface area contributed by atoms with Crippen molar-refractivity contribution in [3.63, 3.8) is 0 Å². The monoisotopic (exact) mass is 261 g/mol. The van der Waals surface area contributed by atoms with Gasteiger partial charge < -0.3 is 10.2 Å². The van der Waals surface area contributed by atoms with Crippen LogP contribution in [0.1, 0.15) is 39.0 Å². The minimum Gasteiger partial charge on any atom is -0.356 e. The number of hydrogen-bond acceptors (Lipinski definition) is 3. The summed E-state index contributed by atoms with van der Waals surface area (Å²) in [4.78, 5) is 7.26. The fourth-order valence-corrected chi connectivity index (χ4v) is 2.66. The smallest absolute Gasteiger partial charge is 0.129 e. The Hall–Kier alpha value is -1.09. The summed E-state index contributed by atoms with van der Waals surface area (Å²) in [6.07, 6.45) is 1.01. The lowest BCUT2D eigenvalue weighted by molar-refractivity contribution is 0.494. The van der Waals surface area contributed by atoms with E-state index in [-0.39, 0.29) is 0 Å². The van der Waals surface area contributed by atoms with E-state index >= 15 is 0 Å². The average molecular weight is 261 g/mol. The number of nitrogens with zero attached hydrogens (tertiary/aromatic N) is 2. The number of nitrogens with one attached hydrogen (secondary N) is 1. The van der Waals surface area contributed by atoms with Crippen molar-refractivity contribution in [1.82, 2.24) is 10.3 Å². The van der Waals surface area contributed by atoms with Crippen LogP contribution in [0.5, 0.6) is 0 Å². The number of rotatable bonds is 5. The van der Waals surface area contributed by atoms with Crippen LogP contribution in [0.3, 0.4) is 0 Å². The molecule has 0 spiro atoms. The zero-order valence-electron chi connectivity index (χ0n) is 12.7. The zero-order valence-corrected chi connectivity index (χ0v) is 12.7. The van der Waals surface area contributed by atoms with Gasteiger partial charge in [0.2, 0.25) is 0 Å². The van der Waals surface area contributed by atoms with Crippen LogP contribution in [-0.4, -0.2) is 24.6 Å². The molecule has 3 heteroatoms. The van der Waals surface area contributed by atoms with Crippen LogP contribution >= 0.6 is 0 Å². The van der Waals surface area contributed by atoms with Gasteiger partial charge in [-0.25, -0.2) is 4.98 Å². The van der Waals surface area contributed by atoms with Crippen LogP contribution in [0.2, 0.25) is 0 Å². The van der Waals surface area contributed by atoms with Crippen LogP contribution in [0, 0.1) is 11.8 Å². The molecule has 0 bridgehead atoms. The summed E-state index contributed by atoms with van der Waals surface area (Å²) < 4.78 is 0. The summed E-state index contributed by atoms with van der Waals surface area (Å²) in [5, 5.41) is 3.40. The Kier molecular flexibility index (Phi) is 4.81. The second-order valence-corrected chi connectivity index (χ2v) is 5.82. The van der Waals surface area contributed by atoms with E-state index in [0.29, 0.717) is 0 Å². The topological polar surface area (TPSA) is 28.2 Å². The van der Waals surface area contributed by atoms with Gasteiger partial charge in [-0.05, 0) is 42.5 Å². The average Bonchev–Trinajstić information content (AvgIpc) is 2.76. The highest BCUT2D eigenvalue weighted by atomic mass is 15.2. The molecule has 2 rings (SSSR count). The van der Waals surface area contributed by atoms with Gasteiger partial charge in [0.15, 0.2) is 0 Å². The Morgan fingerprint density at radius 1 is 1.21 bits per heavy atom. The fraction of sp³-hybridized carbons (Fsp3) is 0.688. The number of hydrogen-bond donors (Lipinski definition) is 1. The van der Waals surface area contributed by atoms with Crippen molar-refractivity contribution < 1.29 is 0 Å². The number of aromatic nitrogens is 1. The van der Waals surface area contributed by atoms with E-state index in [1.54, 1.807) is 0 Å². The van der Waals surface area contributed by atoms with Gasteiger partial charge in [0.1, 0.15) is 5.82 Å². The molecule has 106 valence electrons. The fourth-order valence-electron chi connectivity index (χ4n) is 2.66. The lowest BCUT2D eigenvalue weighted by Gasteiger charge is -2.19. The largest absolute Gasteiger partial charge is 0.356 e. The van der Waals surface area contributed by atoms with Crippen LogP contribution in [0.25, 0.3) is 0 Å². The molecule has 2 unspecified atom stereocenters. The molecular weight excluding hydrogens is 234 g/mol. The molecule has 19 heavy (non-hydrogen) atoms. The van der Waals surface area contributed by atoms with Crippen molar-refractivity contribution in [2.45, 2.75) is 40.7 Å². The van der Waals surface area contributed by atoms with Gasteiger partial charge in [-0.15, -0.1) is 0 Å². The molecule has 0 amide bonds. The first-order valence-electron chi connectivity index (χ1n) is 7.59. The molecule has 1 aromatic rings. The molecule has 0 saturated carbocycles. The summed E-state index contributed by atoms with van der Waals surface area (Å²) in [5.41, 5.74) is 2.56. The van der Waals surface area contributed by atoms with Crippen molar-refractivity contribution in [2.24, 2.45) is 11.8 Å². The highest BCUT2D eigenvalue weighted by Crippen LogP contribution is 2.27. The third-order valence-electron chi connectivity index (χ3n) is 4.18. The van der Waals surface area contributed by atoms with Crippen molar-refractivity contribution in [1.29, 1.82) is 0 Å². The second-order valence-electron chi connectivity index (χ2n) is 5.82. The molecule has 1 N–H and O–H groups in total. The first-order valence-corrected chi connectivity index (χ1v) is 7.59. The highest BCUT2D eigenvalue weighted by Gasteiger charge is 2.27. The second kappa shape index (κ2) is 6.38. The molecule has 1 saturated heterocycles. The molecule has 0 aliphatic carbocycles. The summed E-state index contributed by atoms with van der Waals surface area (Å²) in [6.45, 7) is 13.2. The van der Waals surface area contributed by atoms with Gasteiger partial charge in [-0.2, -0.15) is 0 Å². The van der Waals surface area contributed by atoms with Gasteiger partial charge in [0.25, 0.3) is 0 Å². The van der Waals surface area contributed by atoms with E-state index in [1.165, 1.54) is 17.1 Å². The minimum atomic E-state index is 0.768. The van der Waals surface area contributed by atoms with Crippen LogP contribution < -0.4 is 10.2 Å². The third kappa shape index (κ3) is 3.47. The van der Waals surface area contributed by atoms with Gasteiger partial charge >= 0.3 is 0 Å². The third-order valence-corrected chi connectivity index (χ3v) is 4.18. The number of anilines is 1. The normalized spacial score (nSPS) is 23.1. The molecule has 3 nitrogen and oxygen atoms in total. The van der Waals surface area contributed by atoms with E-state index in [2.05, 4.69) is 50.0 Å². The van der Waals surface area contributed by atoms with Crippen LogP contribution in [0.15, 0.2) is 12.1 Å². The summed E-state index contributed by atoms with van der Waals surface area (Å²) in [7, 11) is 0. The van der Waals surface area contributed by atoms with Crippen molar-refractivity contribution >= 4 is 5.82 Å². The molecule has 1 aromatic heterocycles. The maximum absolute atomic E-state index is 4.81. The predicted molar refractivity (Wildman–Crippen MR) is 81.5 cm³/mol. The maximum atomic E-state index is 4.81. The molecule has 2 atom stereocenters. The molecule has 0 aromatic carbocycles. The predicted octanol–water partition coefficient (Wildman–Crippen LogP) is 2.85. The molecule has 1 aliphatic rings. The zero-order chi connectivity index (χ0) is 13.8. The van der Waals surface area contributed by atoms with Crippen molar-refractivity contribution in [3.05, 3.63) is 23.4 Å². The van der Waals surface area contributed by atoms with Crippen LogP contribution in [0.4, 0.5) is 5.82 Å². The van der Waals surface area contributed by atoms with Gasteiger partial charge in [-0.3, -0.25) is 0 Å². The number of aryl methyl sites for hydroxylation is 1. The van der Waals surface area contributed by atoms with Crippen molar-refractivity contribution in [3.8, 4) is 0 Å². The molecule has 1 fully saturated rings. The Bertz CT molecular complexity index is 406. The Labute approximate surface area is 117 Å². The Balaban J connectivity index is 2.19. The lowest BCUT2D eigenvalue weighted by atomic mass is 10.0. The van der Waals surface area contributed by atoms with E-state index in [1.807, 2.05) is 0 Å². The lowest BCUT2D eigenvalue weighted by Crippen LogP contribution is -2.22. The van der Waals surface area contributed by atoms with E-state index in [9.17, 15) is 0 Å². The van der Waals surface area contributed by atoms with Crippen LogP contribution in [-0.2, 0) is 13.0 Å².